The zero-order valence-corrected chi connectivity index (χ0v) is 23.3. The van der Waals surface area contributed by atoms with E-state index in [9.17, 15) is 0 Å². The summed E-state index contributed by atoms with van der Waals surface area (Å²) in [6.45, 7) is 0. The maximum atomic E-state index is 4.74. The van der Waals surface area contributed by atoms with Gasteiger partial charge in [0.2, 0.25) is 0 Å². The lowest BCUT2D eigenvalue weighted by Gasteiger charge is -2.11. The smallest absolute Gasteiger partial charge is 0.127 e. The molecular weight excluding hydrogens is 547 g/mol. The fourth-order valence-electron chi connectivity index (χ4n) is 6.56. The van der Waals surface area contributed by atoms with Crippen molar-refractivity contribution in [2.75, 3.05) is 0 Å². The van der Waals surface area contributed by atoms with Gasteiger partial charge < -0.3 is 4.57 Å². The van der Waals surface area contributed by atoms with Crippen LogP contribution in [0.5, 0.6) is 0 Å². The van der Waals surface area contributed by atoms with E-state index in [-0.39, 0.29) is 0 Å². The Labute approximate surface area is 239 Å². The van der Waals surface area contributed by atoms with E-state index in [1.54, 1.807) is 17.7 Å². The molecule has 6 heteroatoms. The van der Waals surface area contributed by atoms with Crippen LogP contribution in [0.3, 0.4) is 0 Å². The second-order valence-corrected chi connectivity index (χ2v) is 13.3. The third-order valence-corrected chi connectivity index (χ3v) is 11.7. The molecule has 5 aromatic heterocycles. The van der Waals surface area contributed by atoms with Crippen LogP contribution < -0.4 is 0 Å². The lowest BCUT2D eigenvalue weighted by atomic mass is 10.0. The van der Waals surface area contributed by atoms with Gasteiger partial charge in [-0.3, -0.25) is 0 Å². The number of rotatable bonds is 1. The van der Waals surface area contributed by atoms with Gasteiger partial charge in [-0.15, -0.1) is 34.0 Å². The van der Waals surface area contributed by atoms with Gasteiger partial charge in [-0.25, -0.2) is 9.97 Å². The average Bonchev–Trinajstić information content (AvgIpc) is 3.75. The number of para-hydroxylation sites is 1. The lowest BCUT2D eigenvalue weighted by molar-refractivity contribution is 1.21. The number of hydrogen-bond acceptors (Lipinski definition) is 5. The summed E-state index contributed by atoms with van der Waals surface area (Å²) in [5, 5.41) is 10.3. The maximum absolute atomic E-state index is 4.74. The third kappa shape index (κ3) is 2.59. The number of nitrogens with zero attached hydrogens (tertiary/aromatic N) is 3. The van der Waals surface area contributed by atoms with Crippen LogP contribution in [0.1, 0.15) is 0 Å². The molecule has 0 fully saturated rings. The monoisotopic (exact) mass is 563 g/mol. The number of aromatic nitrogens is 3. The quantitative estimate of drug-likeness (QED) is 0.199. The summed E-state index contributed by atoms with van der Waals surface area (Å²) in [4.78, 5) is 10.3. The van der Waals surface area contributed by atoms with Gasteiger partial charge in [0.05, 0.1) is 21.4 Å². The molecule has 10 aromatic rings. The molecule has 0 spiro atoms. The highest BCUT2D eigenvalue weighted by molar-refractivity contribution is 7.30. The Morgan fingerprint density at radius 2 is 1.20 bits per heavy atom. The Bertz CT molecular complexity index is 2640. The van der Waals surface area contributed by atoms with Crippen LogP contribution in [-0.4, -0.2) is 14.5 Å². The van der Waals surface area contributed by atoms with Crippen molar-refractivity contribution in [2.24, 2.45) is 0 Å². The van der Waals surface area contributed by atoms with Gasteiger partial charge in [0.25, 0.3) is 0 Å². The minimum atomic E-state index is 1.03. The Morgan fingerprint density at radius 3 is 2.10 bits per heavy atom. The molecule has 186 valence electrons. The number of fused-ring (bicyclic) bond motifs is 15. The summed E-state index contributed by atoms with van der Waals surface area (Å²) in [6.07, 6.45) is 3.67. The Morgan fingerprint density at radius 1 is 0.525 bits per heavy atom. The topological polar surface area (TPSA) is 30.7 Å². The van der Waals surface area contributed by atoms with E-state index in [0.29, 0.717) is 0 Å². The summed E-state index contributed by atoms with van der Waals surface area (Å²) in [5.41, 5.74) is 3.70. The van der Waals surface area contributed by atoms with Gasteiger partial charge >= 0.3 is 0 Å². The molecule has 0 aliphatic rings. The molecule has 0 saturated heterocycles. The molecule has 0 atom stereocenters. The van der Waals surface area contributed by atoms with E-state index in [1.807, 2.05) is 28.9 Å². The van der Waals surface area contributed by atoms with Crippen molar-refractivity contribution in [3.63, 3.8) is 0 Å². The van der Waals surface area contributed by atoms with E-state index in [4.69, 9.17) is 4.98 Å². The molecule has 0 unspecified atom stereocenters. The molecule has 0 saturated carbocycles. The first-order chi connectivity index (χ1) is 19.9. The first-order valence-electron chi connectivity index (χ1n) is 13.2. The fraction of sp³-hybridized carbons (Fsp3) is 0. The van der Waals surface area contributed by atoms with E-state index < -0.39 is 0 Å². The number of benzene rings is 5. The molecule has 10 rings (SSSR count). The maximum Gasteiger partial charge on any atom is 0.127 e. The highest BCUT2D eigenvalue weighted by atomic mass is 32.1. The van der Waals surface area contributed by atoms with Crippen LogP contribution in [0.4, 0.5) is 0 Å². The Hall–Kier alpha value is -4.36. The normalized spacial score (nSPS) is 12.5. The molecule has 0 N–H and O–H groups in total. The zero-order chi connectivity index (χ0) is 25.9. The number of thiophene rings is 3. The summed E-state index contributed by atoms with van der Waals surface area (Å²) in [5.74, 6) is 0. The standard InChI is InChI=1S/C34H17N3S3/c1-4-12-23-20(9-1)27-30(37(23)24-13-7-11-19-18-8-2-5-14-25(18)38-31(19)24)28-22-16-35-17-36-34(22)40-33(28)29-21-10-3-6-15-26(21)39-32(27)29/h1-17H. The van der Waals surface area contributed by atoms with Crippen LogP contribution in [0, 0.1) is 0 Å². The van der Waals surface area contributed by atoms with Crippen molar-refractivity contribution in [1.82, 2.24) is 14.5 Å². The van der Waals surface area contributed by atoms with Gasteiger partial charge in [0.15, 0.2) is 0 Å². The lowest BCUT2D eigenvalue weighted by Crippen LogP contribution is -1.94. The predicted molar refractivity (Wildman–Crippen MR) is 175 cm³/mol. The van der Waals surface area contributed by atoms with Crippen molar-refractivity contribution in [3.8, 4) is 5.69 Å². The zero-order valence-electron chi connectivity index (χ0n) is 20.9. The van der Waals surface area contributed by atoms with Crippen molar-refractivity contribution >= 4 is 116 Å². The first kappa shape index (κ1) is 21.5. The van der Waals surface area contributed by atoms with Crippen molar-refractivity contribution in [3.05, 3.63) is 104 Å². The highest BCUT2D eigenvalue weighted by Crippen LogP contribution is 2.52. The molecule has 0 aliphatic carbocycles. The van der Waals surface area contributed by atoms with Crippen LogP contribution in [0.2, 0.25) is 0 Å². The first-order valence-corrected chi connectivity index (χ1v) is 15.6. The summed E-state index contributed by atoms with van der Waals surface area (Å²) >= 11 is 5.58. The van der Waals surface area contributed by atoms with Gasteiger partial charge in [0, 0.05) is 68.1 Å². The van der Waals surface area contributed by atoms with Crippen LogP contribution in [-0.2, 0) is 0 Å². The summed E-state index contributed by atoms with van der Waals surface area (Å²) < 4.78 is 9.11. The van der Waals surface area contributed by atoms with E-state index in [2.05, 4.69) is 101 Å². The van der Waals surface area contributed by atoms with Crippen molar-refractivity contribution in [2.45, 2.75) is 0 Å². The van der Waals surface area contributed by atoms with E-state index >= 15 is 0 Å². The van der Waals surface area contributed by atoms with Gasteiger partial charge in [-0.2, -0.15) is 0 Å². The number of hydrogen-bond donors (Lipinski definition) is 0. The van der Waals surface area contributed by atoms with Crippen molar-refractivity contribution in [1.29, 1.82) is 0 Å². The SMILES string of the molecule is c1ccc2c(c1)sc1c(-n3c4ccccc4c4c5sc6ccccc6c5c5sc6ncncc6c5c43)cccc12. The Kier molecular flexibility index (Phi) is 4.10. The molecule has 0 bridgehead atoms. The minimum absolute atomic E-state index is 1.03. The molecule has 5 heterocycles. The molecule has 3 nitrogen and oxygen atoms in total. The largest absolute Gasteiger partial charge is 0.307 e. The summed E-state index contributed by atoms with van der Waals surface area (Å²) in [7, 11) is 0. The molecule has 40 heavy (non-hydrogen) atoms. The molecule has 5 aromatic carbocycles. The van der Waals surface area contributed by atoms with Gasteiger partial charge in [0.1, 0.15) is 11.2 Å². The van der Waals surface area contributed by atoms with Gasteiger partial charge in [-0.05, 0) is 24.3 Å². The van der Waals surface area contributed by atoms with Crippen LogP contribution >= 0.6 is 34.0 Å². The van der Waals surface area contributed by atoms with E-state index in [0.717, 1.165) is 10.2 Å². The predicted octanol–water partition coefficient (Wildman–Crippen LogP) is 10.7. The summed E-state index contributed by atoms with van der Waals surface area (Å²) in [6, 6.07) is 33.2. The average molecular weight is 564 g/mol. The fourth-order valence-corrected chi connectivity index (χ4v) is 10.3. The minimum Gasteiger partial charge on any atom is -0.307 e. The van der Waals surface area contributed by atoms with Crippen LogP contribution in [0.15, 0.2) is 104 Å². The van der Waals surface area contributed by atoms with E-state index in [1.165, 1.54) is 77.9 Å². The van der Waals surface area contributed by atoms with Crippen LogP contribution in [0.25, 0.3) is 88.1 Å². The highest BCUT2D eigenvalue weighted by Gasteiger charge is 2.25. The molecule has 0 aliphatic heterocycles. The van der Waals surface area contributed by atoms with Gasteiger partial charge in [-0.1, -0.05) is 66.7 Å². The van der Waals surface area contributed by atoms with Crippen molar-refractivity contribution < 1.29 is 0 Å². The second-order valence-electron chi connectivity index (χ2n) is 10.2. The molecular formula is C34H17N3S3. The third-order valence-electron chi connectivity index (χ3n) is 8.16. The molecule has 0 radical (unpaired) electrons. The molecule has 0 amide bonds. The second kappa shape index (κ2) is 7.64. The Balaban J connectivity index is 1.55.